The Bertz CT molecular complexity index is 422. The Morgan fingerprint density at radius 2 is 2.11 bits per heavy atom. The minimum Gasteiger partial charge on any atom is -0.372 e. The van der Waals surface area contributed by atoms with Gasteiger partial charge in [0.25, 0.3) is 0 Å². The van der Waals surface area contributed by atoms with Gasteiger partial charge >= 0.3 is 6.18 Å². The van der Waals surface area contributed by atoms with Crippen LogP contribution in [0.3, 0.4) is 0 Å². The van der Waals surface area contributed by atoms with Crippen LogP contribution in [0.4, 0.5) is 18.9 Å². The fourth-order valence-electron chi connectivity index (χ4n) is 1.35. The van der Waals surface area contributed by atoms with Crippen molar-refractivity contribution in [2.45, 2.75) is 19.1 Å². The molecule has 1 aromatic carbocycles. The third-order valence-electron chi connectivity index (χ3n) is 2.19. The lowest BCUT2D eigenvalue weighted by molar-refractivity contribution is -0.174. The van der Waals surface area contributed by atoms with E-state index >= 15 is 0 Å². The standard InChI is InChI=1S/C12H15F3N2O2/c13-12(14,15)8-19-5-4-11(18)17-10-3-1-2-9(6-10)7-16/h1-3,6H,4-5,7-8,16H2,(H,17,18). The third kappa shape index (κ3) is 6.78. The lowest BCUT2D eigenvalue weighted by Gasteiger charge is -2.08. The van der Waals surface area contributed by atoms with Crippen molar-refractivity contribution in [2.24, 2.45) is 5.73 Å². The van der Waals surface area contributed by atoms with Gasteiger partial charge in [-0.2, -0.15) is 13.2 Å². The highest BCUT2D eigenvalue weighted by atomic mass is 19.4. The molecule has 0 bridgehead atoms. The largest absolute Gasteiger partial charge is 0.411 e. The van der Waals surface area contributed by atoms with Gasteiger partial charge in [-0.05, 0) is 17.7 Å². The summed E-state index contributed by atoms with van der Waals surface area (Å²) in [6.07, 6.45) is -4.51. The molecule has 0 unspecified atom stereocenters. The van der Waals surface area contributed by atoms with Gasteiger partial charge in [0.1, 0.15) is 6.61 Å². The van der Waals surface area contributed by atoms with Gasteiger partial charge in [0.15, 0.2) is 0 Å². The fraction of sp³-hybridized carbons (Fsp3) is 0.417. The molecule has 0 aliphatic carbocycles. The lowest BCUT2D eigenvalue weighted by Crippen LogP contribution is -2.20. The molecule has 0 aromatic heterocycles. The van der Waals surface area contributed by atoms with E-state index < -0.39 is 18.7 Å². The van der Waals surface area contributed by atoms with Gasteiger partial charge in [0.2, 0.25) is 5.91 Å². The highest BCUT2D eigenvalue weighted by Crippen LogP contribution is 2.14. The normalized spacial score (nSPS) is 11.4. The molecular formula is C12H15F3N2O2. The number of rotatable bonds is 6. The van der Waals surface area contributed by atoms with E-state index in [2.05, 4.69) is 10.1 Å². The number of hydrogen-bond acceptors (Lipinski definition) is 3. The first-order valence-corrected chi connectivity index (χ1v) is 5.64. The molecule has 0 aliphatic rings. The second-order valence-electron chi connectivity index (χ2n) is 3.87. The first-order valence-electron chi connectivity index (χ1n) is 5.64. The van der Waals surface area contributed by atoms with Crippen LogP contribution in [0, 0.1) is 0 Å². The Morgan fingerprint density at radius 1 is 1.37 bits per heavy atom. The van der Waals surface area contributed by atoms with E-state index in [0.717, 1.165) is 5.56 Å². The first kappa shape index (κ1) is 15.5. The molecule has 1 aromatic rings. The molecule has 1 amide bonds. The summed E-state index contributed by atoms with van der Waals surface area (Å²) in [7, 11) is 0. The minimum absolute atomic E-state index is 0.136. The number of hydrogen-bond donors (Lipinski definition) is 2. The van der Waals surface area contributed by atoms with Crippen molar-refractivity contribution < 1.29 is 22.7 Å². The molecule has 4 nitrogen and oxygen atoms in total. The zero-order valence-electron chi connectivity index (χ0n) is 10.2. The average molecular weight is 276 g/mol. The van der Waals surface area contributed by atoms with E-state index in [9.17, 15) is 18.0 Å². The first-order chi connectivity index (χ1) is 8.90. The highest BCUT2D eigenvalue weighted by molar-refractivity contribution is 5.90. The number of amides is 1. The Kier molecular flexibility index (Phi) is 5.78. The van der Waals surface area contributed by atoms with E-state index in [1.165, 1.54) is 0 Å². The van der Waals surface area contributed by atoms with E-state index in [1.54, 1.807) is 18.2 Å². The van der Waals surface area contributed by atoms with E-state index in [1.807, 2.05) is 6.07 Å². The highest BCUT2D eigenvalue weighted by Gasteiger charge is 2.27. The van der Waals surface area contributed by atoms with Crippen LogP contribution in [-0.4, -0.2) is 25.3 Å². The zero-order chi connectivity index (χ0) is 14.3. The van der Waals surface area contributed by atoms with Crippen molar-refractivity contribution in [2.75, 3.05) is 18.5 Å². The van der Waals surface area contributed by atoms with Crippen LogP contribution in [0.1, 0.15) is 12.0 Å². The molecule has 3 N–H and O–H groups in total. The summed E-state index contributed by atoms with van der Waals surface area (Å²) in [6.45, 7) is -1.27. The molecule has 1 rings (SSSR count). The van der Waals surface area contributed by atoms with Gasteiger partial charge in [-0.15, -0.1) is 0 Å². The lowest BCUT2D eigenvalue weighted by atomic mass is 10.2. The number of ether oxygens (including phenoxy) is 1. The van der Waals surface area contributed by atoms with Gasteiger partial charge in [-0.3, -0.25) is 4.79 Å². The predicted octanol–water partition coefficient (Wildman–Crippen LogP) is 2.05. The van der Waals surface area contributed by atoms with E-state index in [-0.39, 0.29) is 13.0 Å². The van der Waals surface area contributed by atoms with Crippen LogP contribution in [0.2, 0.25) is 0 Å². The number of carbonyl (C=O) groups excluding carboxylic acids is 1. The van der Waals surface area contributed by atoms with Crippen LogP contribution in [0.15, 0.2) is 24.3 Å². The molecule has 0 fully saturated rings. The van der Waals surface area contributed by atoms with Gasteiger partial charge in [-0.25, -0.2) is 0 Å². The van der Waals surface area contributed by atoms with Crippen molar-refractivity contribution in [3.05, 3.63) is 29.8 Å². The maximum absolute atomic E-state index is 11.8. The maximum Gasteiger partial charge on any atom is 0.411 e. The molecular weight excluding hydrogens is 261 g/mol. The average Bonchev–Trinajstić information content (AvgIpc) is 2.34. The summed E-state index contributed by atoms with van der Waals surface area (Å²) in [5, 5.41) is 2.56. The molecule has 0 spiro atoms. The second kappa shape index (κ2) is 7.10. The predicted molar refractivity (Wildman–Crippen MR) is 64.5 cm³/mol. The van der Waals surface area contributed by atoms with Crippen LogP contribution in [-0.2, 0) is 16.1 Å². The number of carbonyl (C=O) groups is 1. The molecule has 0 saturated carbocycles. The van der Waals surface area contributed by atoms with Crippen LogP contribution in [0.25, 0.3) is 0 Å². The van der Waals surface area contributed by atoms with Crippen LogP contribution >= 0.6 is 0 Å². The van der Waals surface area contributed by atoms with Gasteiger partial charge in [0, 0.05) is 12.2 Å². The van der Waals surface area contributed by atoms with Gasteiger partial charge in [0.05, 0.1) is 13.0 Å². The Morgan fingerprint density at radius 3 is 2.74 bits per heavy atom. The number of halogens is 3. The van der Waals surface area contributed by atoms with E-state index in [4.69, 9.17) is 5.73 Å². The Balaban J connectivity index is 2.31. The number of nitrogens with one attached hydrogen (secondary N) is 1. The summed E-state index contributed by atoms with van der Waals surface area (Å²) in [4.78, 5) is 11.4. The zero-order valence-corrected chi connectivity index (χ0v) is 10.2. The summed E-state index contributed by atoms with van der Waals surface area (Å²) < 4.78 is 39.7. The maximum atomic E-state index is 11.8. The summed E-state index contributed by atoms with van der Waals surface area (Å²) in [6, 6.07) is 6.92. The molecule has 7 heteroatoms. The third-order valence-corrected chi connectivity index (χ3v) is 2.19. The van der Waals surface area contributed by atoms with Crippen molar-refractivity contribution in [1.82, 2.24) is 0 Å². The number of alkyl halides is 3. The molecule has 0 saturated heterocycles. The number of nitrogens with two attached hydrogens (primary N) is 1. The Hall–Kier alpha value is -1.60. The summed E-state index contributed by atoms with van der Waals surface area (Å²) in [5.74, 6) is -0.406. The SMILES string of the molecule is NCc1cccc(NC(=O)CCOCC(F)(F)F)c1. The fourth-order valence-corrected chi connectivity index (χ4v) is 1.35. The van der Waals surface area contributed by atoms with Gasteiger partial charge in [-0.1, -0.05) is 12.1 Å². The van der Waals surface area contributed by atoms with Crippen LogP contribution in [0.5, 0.6) is 0 Å². The van der Waals surface area contributed by atoms with E-state index in [0.29, 0.717) is 12.2 Å². The monoisotopic (exact) mass is 276 g/mol. The second-order valence-corrected chi connectivity index (χ2v) is 3.87. The Labute approximate surface area is 108 Å². The van der Waals surface area contributed by atoms with Crippen molar-refractivity contribution in [1.29, 1.82) is 0 Å². The number of anilines is 1. The van der Waals surface area contributed by atoms with Crippen molar-refractivity contribution in [3.8, 4) is 0 Å². The van der Waals surface area contributed by atoms with Crippen LogP contribution < -0.4 is 11.1 Å². The topological polar surface area (TPSA) is 64.3 Å². The van der Waals surface area contributed by atoms with Gasteiger partial charge < -0.3 is 15.8 Å². The molecule has 106 valence electrons. The van der Waals surface area contributed by atoms with Crippen molar-refractivity contribution in [3.63, 3.8) is 0 Å². The van der Waals surface area contributed by atoms with Crippen molar-refractivity contribution >= 4 is 11.6 Å². The molecule has 19 heavy (non-hydrogen) atoms. The number of benzene rings is 1. The summed E-state index contributed by atoms with van der Waals surface area (Å²) in [5.41, 5.74) is 6.86. The smallest absolute Gasteiger partial charge is 0.372 e. The molecule has 0 radical (unpaired) electrons. The molecule has 0 aliphatic heterocycles. The molecule has 0 atom stereocenters. The minimum atomic E-state index is -4.37. The molecule has 0 heterocycles. The quantitative estimate of drug-likeness (QED) is 0.782. The summed E-state index contributed by atoms with van der Waals surface area (Å²) >= 11 is 0.